The summed E-state index contributed by atoms with van der Waals surface area (Å²) in [5, 5.41) is 8.55. The number of alkyl halides is 1. The summed E-state index contributed by atoms with van der Waals surface area (Å²) in [6.45, 7) is 1.96. The van der Waals surface area contributed by atoms with Crippen LogP contribution >= 0.6 is 11.6 Å². The van der Waals surface area contributed by atoms with Crippen LogP contribution in [0, 0.1) is 6.92 Å². The molecule has 0 radical (unpaired) electrons. The first-order valence-electron chi connectivity index (χ1n) is 4.32. The first-order valence-corrected chi connectivity index (χ1v) is 4.85. The van der Waals surface area contributed by atoms with E-state index in [9.17, 15) is 0 Å². The molecule has 0 aliphatic rings. The average molecular weight is 211 g/mol. The monoisotopic (exact) mass is 210 g/mol. The van der Waals surface area contributed by atoms with Crippen LogP contribution in [-0.2, 0) is 12.9 Å². The number of hydrogen-bond acceptors (Lipinski definition) is 2. The van der Waals surface area contributed by atoms with E-state index in [0.29, 0.717) is 5.88 Å². The van der Waals surface area contributed by atoms with E-state index in [0.717, 1.165) is 17.1 Å². The molecule has 2 heterocycles. The molecule has 74 valence electrons. The lowest BCUT2D eigenvalue weighted by molar-refractivity contribution is 0.756. The minimum atomic E-state index is 0.437. The Balaban J connectivity index is 2.43. The lowest BCUT2D eigenvalue weighted by Crippen LogP contribution is -1.95. The molecule has 0 atom stereocenters. The van der Waals surface area contributed by atoms with Gasteiger partial charge in [-0.3, -0.25) is 4.68 Å². The van der Waals surface area contributed by atoms with Crippen molar-refractivity contribution >= 4 is 11.6 Å². The average Bonchev–Trinajstić information content (AvgIpc) is 2.71. The second-order valence-corrected chi connectivity index (χ2v) is 3.43. The van der Waals surface area contributed by atoms with Crippen molar-refractivity contribution in [3.05, 3.63) is 29.8 Å². The van der Waals surface area contributed by atoms with Crippen LogP contribution in [0.1, 0.15) is 11.4 Å². The smallest absolute Gasteiger partial charge is 0.105 e. The van der Waals surface area contributed by atoms with Crippen LogP contribution in [0.3, 0.4) is 0 Å². The summed E-state index contributed by atoms with van der Waals surface area (Å²) < 4.78 is 3.56. The van der Waals surface area contributed by atoms with E-state index < -0.39 is 0 Å². The molecule has 2 aromatic rings. The fraction of sp³-hybridized carbons (Fsp3) is 0.333. The Morgan fingerprint density at radius 2 is 2.21 bits per heavy atom. The number of aryl methyl sites for hydroxylation is 2. The molecule has 0 N–H and O–H groups in total. The van der Waals surface area contributed by atoms with E-state index in [-0.39, 0.29) is 0 Å². The molecule has 0 saturated heterocycles. The maximum atomic E-state index is 5.68. The lowest BCUT2D eigenvalue weighted by Gasteiger charge is -1.96. The van der Waals surface area contributed by atoms with E-state index in [1.165, 1.54) is 0 Å². The van der Waals surface area contributed by atoms with Gasteiger partial charge >= 0.3 is 0 Å². The molecule has 2 aromatic heterocycles. The Morgan fingerprint density at radius 1 is 1.43 bits per heavy atom. The van der Waals surface area contributed by atoms with Gasteiger partial charge in [0.1, 0.15) is 5.69 Å². The number of hydrogen-bond donors (Lipinski definition) is 0. The van der Waals surface area contributed by atoms with E-state index in [2.05, 4.69) is 10.2 Å². The molecule has 5 heteroatoms. The fourth-order valence-electron chi connectivity index (χ4n) is 1.38. The molecule has 14 heavy (non-hydrogen) atoms. The van der Waals surface area contributed by atoms with Gasteiger partial charge in [0.05, 0.1) is 23.5 Å². The van der Waals surface area contributed by atoms with Gasteiger partial charge in [-0.25, -0.2) is 4.68 Å². The van der Waals surface area contributed by atoms with Crippen LogP contribution in [0.15, 0.2) is 18.5 Å². The van der Waals surface area contributed by atoms with Gasteiger partial charge < -0.3 is 0 Å². The summed E-state index contributed by atoms with van der Waals surface area (Å²) in [5.74, 6) is 0.437. The van der Waals surface area contributed by atoms with Crippen molar-refractivity contribution in [2.24, 2.45) is 7.05 Å². The van der Waals surface area contributed by atoms with Crippen molar-refractivity contribution in [3.8, 4) is 5.69 Å². The SMILES string of the molecule is Cc1nn(C)cc1-n1ccc(CCl)n1. The quantitative estimate of drug-likeness (QED) is 0.707. The normalized spacial score (nSPS) is 10.8. The third kappa shape index (κ3) is 1.53. The third-order valence-electron chi connectivity index (χ3n) is 2.02. The topological polar surface area (TPSA) is 35.6 Å². The number of rotatable bonds is 2. The summed E-state index contributed by atoms with van der Waals surface area (Å²) in [4.78, 5) is 0. The van der Waals surface area contributed by atoms with Gasteiger partial charge in [-0.05, 0) is 13.0 Å². The van der Waals surface area contributed by atoms with Gasteiger partial charge in [0, 0.05) is 13.2 Å². The lowest BCUT2D eigenvalue weighted by atomic mass is 10.4. The summed E-state index contributed by atoms with van der Waals surface area (Å²) in [5.41, 5.74) is 2.82. The molecule has 2 rings (SSSR count). The first kappa shape index (κ1) is 9.27. The van der Waals surface area contributed by atoms with Crippen molar-refractivity contribution < 1.29 is 0 Å². The molecule has 0 amide bonds. The fourth-order valence-corrected chi connectivity index (χ4v) is 1.52. The van der Waals surface area contributed by atoms with E-state index in [1.54, 1.807) is 9.36 Å². The van der Waals surface area contributed by atoms with Crippen LogP contribution in [0.25, 0.3) is 5.69 Å². The second-order valence-electron chi connectivity index (χ2n) is 3.16. The predicted octanol–water partition coefficient (Wildman–Crippen LogP) is 1.65. The van der Waals surface area contributed by atoms with E-state index in [1.807, 2.05) is 32.4 Å². The summed E-state index contributed by atoms with van der Waals surface area (Å²) in [6.07, 6.45) is 3.82. The third-order valence-corrected chi connectivity index (χ3v) is 2.29. The zero-order valence-corrected chi connectivity index (χ0v) is 8.86. The van der Waals surface area contributed by atoms with Gasteiger partial charge in [-0.1, -0.05) is 0 Å². The Bertz CT molecular complexity index is 443. The summed E-state index contributed by atoms with van der Waals surface area (Å²) >= 11 is 5.68. The molecule has 0 aliphatic heterocycles. The molecule has 0 spiro atoms. The van der Waals surface area contributed by atoms with Crippen molar-refractivity contribution in [1.29, 1.82) is 0 Å². The maximum absolute atomic E-state index is 5.68. The molecule has 0 unspecified atom stereocenters. The Labute approximate surface area is 87.1 Å². The minimum Gasteiger partial charge on any atom is -0.273 e. The predicted molar refractivity (Wildman–Crippen MR) is 54.6 cm³/mol. The zero-order valence-electron chi connectivity index (χ0n) is 8.11. The molecular weight excluding hydrogens is 200 g/mol. The highest BCUT2D eigenvalue weighted by molar-refractivity contribution is 6.16. The largest absolute Gasteiger partial charge is 0.273 e. The van der Waals surface area contributed by atoms with Crippen LogP contribution < -0.4 is 0 Å². The molecule has 0 bridgehead atoms. The standard InChI is InChI=1S/C9H11ClN4/c1-7-9(6-13(2)11-7)14-4-3-8(5-10)12-14/h3-4,6H,5H2,1-2H3. The molecule has 0 fully saturated rings. The Morgan fingerprint density at radius 3 is 2.71 bits per heavy atom. The highest BCUT2D eigenvalue weighted by Gasteiger charge is 2.06. The first-order chi connectivity index (χ1) is 6.70. The molecular formula is C9H11ClN4. The number of aromatic nitrogens is 4. The van der Waals surface area contributed by atoms with Gasteiger partial charge in [0.15, 0.2) is 0 Å². The van der Waals surface area contributed by atoms with Gasteiger partial charge in [0.2, 0.25) is 0 Å². The van der Waals surface area contributed by atoms with Crippen molar-refractivity contribution in [3.63, 3.8) is 0 Å². The molecule has 0 saturated carbocycles. The van der Waals surface area contributed by atoms with Crippen molar-refractivity contribution in [2.45, 2.75) is 12.8 Å². The van der Waals surface area contributed by atoms with Gasteiger partial charge in [0.25, 0.3) is 0 Å². The summed E-state index contributed by atoms with van der Waals surface area (Å²) in [7, 11) is 1.89. The van der Waals surface area contributed by atoms with Gasteiger partial charge in [-0.15, -0.1) is 11.6 Å². The Kier molecular flexibility index (Phi) is 2.29. The van der Waals surface area contributed by atoms with Crippen LogP contribution in [0.5, 0.6) is 0 Å². The van der Waals surface area contributed by atoms with E-state index in [4.69, 9.17) is 11.6 Å². The number of nitrogens with zero attached hydrogens (tertiary/aromatic N) is 4. The van der Waals surface area contributed by atoms with Crippen LogP contribution in [0.4, 0.5) is 0 Å². The highest BCUT2D eigenvalue weighted by atomic mass is 35.5. The van der Waals surface area contributed by atoms with Crippen molar-refractivity contribution in [2.75, 3.05) is 0 Å². The molecule has 4 nitrogen and oxygen atoms in total. The van der Waals surface area contributed by atoms with Crippen LogP contribution in [0.2, 0.25) is 0 Å². The maximum Gasteiger partial charge on any atom is 0.105 e. The number of halogens is 1. The highest BCUT2D eigenvalue weighted by Crippen LogP contribution is 2.11. The second kappa shape index (κ2) is 3.46. The summed E-state index contributed by atoms with van der Waals surface area (Å²) in [6, 6.07) is 1.90. The molecule has 0 aromatic carbocycles. The van der Waals surface area contributed by atoms with Crippen molar-refractivity contribution in [1.82, 2.24) is 19.6 Å². The molecule has 0 aliphatic carbocycles. The van der Waals surface area contributed by atoms with Gasteiger partial charge in [-0.2, -0.15) is 10.2 Å². The van der Waals surface area contributed by atoms with E-state index >= 15 is 0 Å². The van der Waals surface area contributed by atoms with Crippen LogP contribution in [-0.4, -0.2) is 19.6 Å². The Hall–Kier alpha value is -1.29. The minimum absolute atomic E-state index is 0.437. The zero-order chi connectivity index (χ0) is 10.1.